The summed E-state index contributed by atoms with van der Waals surface area (Å²) in [5, 5.41) is 0.763. The van der Waals surface area contributed by atoms with Gasteiger partial charge in [-0.25, -0.2) is 0 Å². The summed E-state index contributed by atoms with van der Waals surface area (Å²) in [5.41, 5.74) is 6.27. The highest BCUT2D eigenvalue weighted by atomic mass is 35.5. The molecule has 4 heteroatoms. The zero-order valence-corrected chi connectivity index (χ0v) is 16.3. The highest BCUT2D eigenvalue weighted by molar-refractivity contribution is 6.31. The van der Waals surface area contributed by atoms with Crippen LogP contribution in [0.25, 0.3) is 11.8 Å². The SMILES string of the molecule is CC(C)(C)c1ccc(C2=Cc3cc(Cl)ccc3C3=NCCN23)cc1.Cl. The van der Waals surface area contributed by atoms with Crippen LogP contribution in [0.3, 0.4) is 0 Å². The number of hydrogen-bond acceptors (Lipinski definition) is 2. The van der Waals surface area contributed by atoms with E-state index in [-0.39, 0.29) is 17.8 Å². The fourth-order valence-electron chi connectivity index (χ4n) is 3.37. The van der Waals surface area contributed by atoms with Crippen LogP contribution in [0.5, 0.6) is 0 Å². The lowest BCUT2D eigenvalue weighted by atomic mass is 9.86. The first-order valence-electron chi connectivity index (χ1n) is 8.38. The van der Waals surface area contributed by atoms with Crippen molar-refractivity contribution in [2.24, 2.45) is 4.99 Å². The van der Waals surface area contributed by atoms with E-state index in [4.69, 9.17) is 16.6 Å². The van der Waals surface area contributed by atoms with Crippen molar-refractivity contribution in [3.05, 3.63) is 69.7 Å². The molecule has 0 aliphatic carbocycles. The Balaban J connectivity index is 0.00000182. The van der Waals surface area contributed by atoms with E-state index in [9.17, 15) is 0 Å². The van der Waals surface area contributed by atoms with Crippen LogP contribution >= 0.6 is 24.0 Å². The highest BCUT2D eigenvalue weighted by Crippen LogP contribution is 2.35. The summed E-state index contributed by atoms with van der Waals surface area (Å²) >= 11 is 6.20. The highest BCUT2D eigenvalue weighted by Gasteiger charge is 2.28. The maximum Gasteiger partial charge on any atom is 0.136 e. The van der Waals surface area contributed by atoms with Crippen molar-refractivity contribution in [2.45, 2.75) is 26.2 Å². The average molecular weight is 373 g/mol. The van der Waals surface area contributed by atoms with E-state index in [0.29, 0.717) is 0 Å². The Morgan fingerprint density at radius 1 is 1.04 bits per heavy atom. The molecule has 0 bridgehead atoms. The number of hydrogen-bond donors (Lipinski definition) is 0. The molecular formula is C21H22Cl2N2. The van der Waals surface area contributed by atoms with Gasteiger partial charge in [-0.1, -0.05) is 56.6 Å². The standard InChI is InChI=1S/C21H21ClN2.ClH/c1-21(2,3)16-6-4-14(5-7-16)19-13-15-12-17(22)8-9-18(15)20-23-10-11-24(19)20;/h4-9,12-13H,10-11H2,1-3H3;1H. The quantitative estimate of drug-likeness (QED) is 0.632. The number of halogens is 2. The Morgan fingerprint density at radius 3 is 2.44 bits per heavy atom. The van der Waals surface area contributed by atoms with E-state index in [1.54, 1.807) is 0 Å². The summed E-state index contributed by atoms with van der Waals surface area (Å²) in [5.74, 6) is 1.07. The lowest BCUT2D eigenvalue weighted by Crippen LogP contribution is -2.30. The molecule has 2 aromatic rings. The van der Waals surface area contributed by atoms with Gasteiger partial charge in [0.15, 0.2) is 0 Å². The number of aliphatic imine (C=N–C) groups is 1. The molecule has 2 nitrogen and oxygen atoms in total. The van der Waals surface area contributed by atoms with Crippen molar-refractivity contribution >= 4 is 41.6 Å². The topological polar surface area (TPSA) is 15.6 Å². The molecule has 2 aliphatic heterocycles. The van der Waals surface area contributed by atoms with Crippen LogP contribution in [0.4, 0.5) is 0 Å². The first kappa shape index (κ1) is 18.0. The minimum Gasteiger partial charge on any atom is -0.324 e. The van der Waals surface area contributed by atoms with Crippen LogP contribution in [0.15, 0.2) is 47.5 Å². The molecule has 0 amide bonds. The largest absolute Gasteiger partial charge is 0.324 e. The van der Waals surface area contributed by atoms with Gasteiger partial charge in [0, 0.05) is 17.1 Å². The summed E-state index contributed by atoms with van der Waals surface area (Å²) < 4.78 is 0. The summed E-state index contributed by atoms with van der Waals surface area (Å²) in [6.07, 6.45) is 2.23. The van der Waals surface area contributed by atoms with E-state index in [2.05, 4.69) is 62.1 Å². The summed E-state index contributed by atoms with van der Waals surface area (Å²) in [4.78, 5) is 7.04. The maximum atomic E-state index is 6.20. The first-order valence-corrected chi connectivity index (χ1v) is 8.76. The van der Waals surface area contributed by atoms with E-state index in [1.807, 2.05) is 12.1 Å². The average Bonchev–Trinajstić information content (AvgIpc) is 3.03. The normalized spacial score (nSPS) is 15.8. The predicted molar refractivity (Wildman–Crippen MR) is 110 cm³/mol. The molecule has 0 atom stereocenters. The van der Waals surface area contributed by atoms with Crippen molar-refractivity contribution < 1.29 is 0 Å². The van der Waals surface area contributed by atoms with Crippen LogP contribution in [-0.2, 0) is 5.41 Å². The number of rotatable bonds is 1. The molecule has 2 heterocycles. The van der Waals surface area contributed by atoms with Gasteiger partial charge in [-0.3, -0.25) is 4.99 Å². The van der Waals surface area contributed by atoms with E-state index >= 15 is 0 Å². The summed E-state index contributed by atoms with van der Waals surface area (Å²) in [6.45, 7) is 8.50. The summed E-state index contributed by atoms with van der Waals surface area (Å²) in [6, 6.07) is 14.9. The zero-order chi connectivity index (χ0) is 16.9. The third kappa shape index (κ3) is 3.21. The second-order valence-corrected chi connectivity index (χ2v) is 7.88. The number of nitrogens with zero attached hydrogens (tertiary/aromatic N) is 2. The van der Waals surface area contributed by atoms with Crippen LogP contribution in [0, 0.1) is 0 Å². The molecule has 4 rings (SSSR count). The molecule has 2 aromatic carbocycles. The lowest BCUT2D eigenvalue weighted by Gasteiger charge is -2.29. The van der Waals surface area contributed by atoms with Gasteiger partial charge in [-0.2, -0.15) is 0 Å². The second-order valence-electron chi connectivity index (χ2n) is 7.45. The van der Waals surface area contributed by atoms with Crippen molar-refractivity contribution in [1.29, 1.82) is 0 Å². The Morgan fingerprint density at radius 2 is 1.76 bits per heavy atom. The molecule has 0 spiro atoms. The molecule has 0 saturated heterocycles. The molecule has 25 heavy (non-hydrogen) atoms. The third-order valence-corrected chi connectivity index (χ3v) is 4.96. The van der Waals surface area contributed by atoms with Gasteiger partial charge in [0.05, 0.1) is 12.2 Å². The van der Waals surface area contributed by atoms with Crippen LogP contribution in [0.2, 0.25) is 5.02 Å². The number of benzene rings is 2. The fourth-order valence-corrected chi connectivity index (χ4v) is 3.55. The van der Waals surface area contributed by atoms with Gasteiger partial charge in [-0.05, 0) is 46.4 Å². The molecule has 2 aliphatic rings. The zero-order valence-electron chi connectivity index (χ0n) is 14.7. The Bertz CT molecular complexity index is 858. The van der Waals surface area contributed by atoms with Crippen molar-refractivity contribution in [3.8, 4) is 0 Å². The Kier molecular flexibility index (Phi) is 4.70. The van der Waals surface area contributed by atoms with E-state index in [1.165, 1.54) is 22.4 Å². The first-order chi connectivity index (χ1) is 11.4. The maximum absolute atomic E-state index is 6.20. The van der Waals surface area contributed by atoms with Gasteiger partial charge in [0.2, 0.25) is 0 Å². The predicted octanol–water partition coefficient (Wildman–Crippen LogP) is 5.63. The van der Waals surface area contributed by atoms with Crippen molar-refractivity contribution in [2.75, 3.05) is 13.1 Å². The third-order valence-electron chi connectivity index (χ3n) is 4.73. The number of amidine groups is 1. The van der Waals surface area contributed by atoms with Gasteiger partial charge >= 0.3 is 0 Å². The fraction of sp³-hybridized carbons (Fsp3) is 0.286. The Labute approximate surface area is 160 Å². The Hall–Kier alpha value is -1.77. The van der Waals surface area contributed by atoms with Crippen LogP contribution in [0.1, 0.15) is 43.0 Å². The smallest absolute Gasteiger partial charge is 0.136 e. The molecule has 0 unspecified atom stereocenters. The van der Waals surface area contributed by atoms with Gasteiger partial charge in [0.25, 0.3) is 0 Å². The minimum absolute atomic E-state index is 0. The minimum atomic E-state index is 0. The summed E-state index contributed by atoms with van der Waals surface area (Å²) in [7, 11) is 0. The molecule has 0 saturated carbocycles. The van der Waals surface area contributed by atoms with Crippen molar-refractivity contribution in [3.63, 3.8) is 0 Å². The van der Waals surface area contributed by atoms with E-state index < -0.39 is 0 Å². The van der Waals surface area contributed by atoms with Crippen molar-refractivity contribution in [1.82, 2.24) is 4.90 Å². The second kappa shape index (κ2) is 6.51. The van der Waals surface area contributed by atoms with Gasteiger partial charge in [-0.15, -0.1) is 12.4 Å². The molecule has 0 N–H and O–H groups in total. The number of fused-ring (bicyclic) bond motifs is 3. The van der Waals surface area contributed by atoms with Gasteiger partial charge < -0.3 is 4.90 Å². The molecule has 0 fully saturated rings. The molecular weight excluding hydrogens is 351 g/mol. The molecule has 130 valence electrons. The molecule has 0 aromatic heterocycles. The monoisotopic (exact) mass is 372 g/mol. The lowest BCUT2D eigenvalue weighted by molar-refractivity contribution is 0.590. The van der Waals surface area contributed by atoms with E-state index in [0.717, 1.165) is 29.5 Å². The van der Waals surface area contributed by atoms with Crippen LogP contribution in [-0.4, -0.2) is 23.8 Å². The van der Waals surface area contributed by atoms with Crippen LogP contribution < -0.4 is 0 Å². The van der Waals surface area contributed by atoms with Gasteiger partial charge in [0.1, 0.15) is 5.84 Å². The molecule has 0 radical (unpaired) electrons.